The molecule has 0 atom stereocenters. The number of amides is 1. The normalized spacial score (nSPS) is 10.2. The number of para-hydroxylation sites is 1. The van der Waals surface area contributed by atoms with Crippen molar-refractivity contribution in [2.24, 2.45) is 0 Å². The summed E-state index contributed by atoms with van der Waals surface area (Å²) < 4.78 is 10.5. The maximum absolute atomic E-state index is 12.1. The monoisotopic (exact) mass is 386 g/mol. The number of hydrogen-bond acceptors (Lipinski definition) is 7. The van der Waals surface area contributed by atoms with Crippen LogP contribution in [-0.4, -0.2) is 32.1 Å². The second kappa shape index (κ2) is 10.1. The first-order chi connectivity index (χ1) is 13.4. The van der Waals surface area contributed by atoms with E-state index in [9.17, 15) is 9.59 Å². The van der Waals surface area contributed by atoms with Gasteiger partial charge in [-0.05, 0) is 36.8 Å². The average molecular weight is 386 g/mol. The summed E-state index contributed by atoms with van der Waals surface area (Å²) in [5.74, 6) is -0.254. The van der Waals surface area contributed by atoms with Gasteiger partial charge in [0, 0.05) is 19.2 Å². The SMILES string of the molecule is CNc1c(C)cccc1NC(=O)CCC(=O)OCCOc1ccc(N)cc1N. The molecule has 0 aliphatic heterocycles. The fraction of sp³-hybridized carbons (Fsp3) is 0.300. The van der Waals surface area contributed by atoms with Crippen LogP contribution in [0.3, 0.4) is 0 Å². The van der Waals surface area contributed by atoms with Crippen LogP contribution >= 0.6 is 0 Å². The molecule has 2 rings (SSSR count). The zero-order valence-electron chi connectivity index (χ0n) is 16.1. The van der Waals surface area contributed by atoms with Gasteiger partial charge in [-0.25, -0.2) is 0 Å². The highest BCUT2D eigenvalue weighted by molar-refractivity contribution is 5.96. The van der Waals surface area contributed by atoms with E-state index in [0.29, 0.717) is 22.8 Å². The number of benzene rings is 2. The zero-order chi connectivity index (χ0) is 20.5. The number of hydrogen-bond donors (Lipinski definition) is 4. The maximum atomic E-state index is 12.1. The van der Waals surface area contributed by atoms with Gasteiger partial charge in [0.15, 0.2) is 0 Å². The highest BCUT2D eigenvalue weighted by atomic mass is 16.6. The van der Waals surface area contributed by atoms with Crippen molar-refractivity contribution in [2.75, 3.05) is 42.4 Å². The van der Waals surface area contributed by atoms with E-state index in [0.717, 1.165) is 11.3 Å². The van der Waals surface area contributed by atoms with Crippen molar-refractivity contribution in [3.8, 4) is 5.75 Å². The van der Waals surface area contributed by atoms with Crippen LogP contribution in [0.15, 0.2) is 36.4 Å². The molecule has 0 bridgehead atoms. The Labute approximate surface area is 164 Å². The van der Waals surface area contributed by atoms with Gasteiger partial charge in [-0.15, -0.1) is 0 Å². The number of anilines is 4. The van der Waals surface area contributed by atoms with Crippen LogP contribution in [0.4, 0.5) is 22.7 Å². The standard InChI is InChI=1S/C20H26N4O4/c1-13-4-3-5-16(20(13)23-2)24-18(25)8-9-19(26)28-11-10-27-17-7-6-14(21)12-15(17)22/h3-7,12,23H,8-11,21-22H2,1-2H3,(H,24,25). The molecule has 0 aromatic heterocycles. The van der Waals surface area contributed by atoms with Gasteiger partial charge < -0.3 is 31.6 Å². The van der Waals surface area contributed by atoms with Crippen molar-refractivity contribution in [1.82, 2.24) is 0 Å². The summed E-state index contributed by atoms with van der Waals surface area (Å²) in [6, 6.07) is 10.5. The summed E-state index contributed by atoms with van der Waals surface area (Å²) >= 11 is 0. The first kappa shape index (κ1) is 20.9. The van der Waals surface area contributed by atoms with E-state index < -0.39 is 5.97 Å². The van der Waals surface area contributed by atoms with Gasteiger partial charge in [0.2, 0.25) is 5.91 Å². The first-order valence-electron chi connectivity index (χ1n) is 8.91. The summed E-state index contributed by atoms with van der Waals surface area (Å²) in [5.41, 5.74) is 14.9. The molecule has 28 heavy (non-hydrogen) atoms. The van der Waals surface area contributed by atoms with Gasteiger partial charge in [-0.1, -0.05) is 12.1 Å². The Kier molecular flexibility index (Phi) is 7.50. The molecule has 1 amide bonds. The number of nitrogen functional groups attached to an aromatic ring is 2. The van der Waals surface area contributed by atoms with Gasteiger partial charge in [0.25, 0.3) is 0 Å². The predicted molar refractivity (Wildman–Crippen MR) is 110 cm³/mol. The van der Waals surface area contributed by atoms with Crippen molar-refractivity contribution >= 4 is 34.6 Å². The number of carbonyl (C=O) groups excluding carboxylic acids is 2. The topological polar surface area (TPSA) is 129 Å². The Balaban J connectivity index is 1.69. The highest BCUT2D eigenvalue weighted by Crippen LogP contribution is 2.25. The zero-order valence-corrected chi connectivity index (χ0v) is 16.1. The Bertz CT molecular complexity index is 839. The van der Waals surface area contributed by atoms with E-state index in [1.165, 1.54) is 0 Å². The fourth-order valence-electron chi connectivity index (χ4n) is 2.61. The molecule has 6 N–H and O–H groups in total. The molecule has 0 unspecified atom stereocenters. The van der Waals surface area contributed by atoms with E-state index in [-0.39, 0.29) is 32.0 Å². The molecule has 0 saturated heterocycles. The Morgan fingerprint density at radius 1 is 1.07 bits per heavy atom. The summed E-state index contributed by atoms with van der Waals surface area (Å²) in [5, 5.41) is 5.85. The van der Waals surface area contributed by atoms with Crippen molar-refractivity contribution in [3.05, 3.63) is 42.0 Å². The lowest BCUT2D eigenvalue weighted by Crippen LogP contribution is -2.17. The van der Waals surface area contributed by atoms with Gasteiger partial charge in [-0.2, -0.15) is 0 Å². The molecule has 0 heterocycles. The van der Waals surface area contributed by atoms with Crippen molar-refractivity contribution < 1.29 is 19.1 Å². The van der Waals surface area contributed by atoms with Gasteiger partial charge in [-0.3, -0.25) is 9.59 Å². The second-order valence-corrected chi connectivity index (χ2v) is 6.16. The van der Waals surface area contributed by atoms with E-state index in [1.807, 2.05) is 19.1 Å². The number of nitrogens with one attached hydrogen (secondary N) is 2. The van der Waals surface area contributed by atoms with Crippen molar-refractivity contribution in [2.45, 2.75) is 19.8 Å². The summed E-state index contributed by atoms with van der Waals surface area (Å²) in [6.07, 6.45) is 0.0121. The summed E-state index contributed by atoms with van der Waals surface area (Å²) in [4.78, 5) is 23.9. The third kappa shape index (κ3) is 6.08. The lowest BCUT2D eigenvalue weighted by atomic mass is 10.1. The molecular weight excluding hydrogens is 360 g/mol. The molecule has 2 aromatic carbocycles. The molecule has 2 aromatic rings. The van der Waals surface area contributed by atoms with Crippen LogP contribution in [0.5, 0.6) is 5.75 Å². The molecule has 0 aliphatic carbocycles. The van der Waals surface area contributed by atoms with Crippen LogP contribution in [0.2, 0.25) is 0 Å². The fourth-order valence-corrected chi connectivity index (χ4v) is 2.61. The van der Waals surface area contributed by atoms with Crippen LogP contribution in [0, 0.1) is 6.92 Å². The number of carbonyl (C=O) groups is 2. The minimum atomic E-state index is -0.470. The number of esters is 1. The van der Waals surface area contributed by atoms with E-state index >= 15 is 0 Å². The highest BCUT2D eigenvalue weighted by Gasteiger charge is 2.11. The van der Waals surface area contributed by atoms with Gasteiger partial charge in [0.1, 0.15) is 19.0 Å². The van der Waals surface area contributed by atoms with Crippen molar-refractivity contribution in [3.63, 3.8) is 0 Å². The number of rotatable bonds is 9. The third-order valence-corrected chi connectivity index (χ3v) is 3.99. The van der Waals surface area contributed by atoms with Crippen LogP contribution in [0.25, 0.3) is 0 Å². The number of nitrogens with two attached hydrogens (primary N) is 2. The molecule has 0 radical (unpaired) electrons. The molecule has 0 saturated carbocycles. The molecule has 150 valence electrons. The Hall–Kier alpha value is -3.42. The minimum absolute atomic E-state index is 0.0173. The van der Waals surface area contributed by atoms with E-state index in [2.05, 4.69) is 10.6 Å². The predicted octanol–water partition coefficient (Wildman–Crippen LogP) is 2.54. The molecular formula is C20H26N4O4. The second-order valence-electron chi connectivity index (χ2n) is 6.16. The minimum Gasteiger partial charge on any atom is -0.488 e. The number of aryl methyl sites for hydroxylation is 1. The summed E-state index contributed by atoms with van der Waals surface area (Å²) in [6.45, 7) is 2.16. The molecule has 0 aliphatic rings. The van der Waals surface area contributed by atoms with Crippen LogP contribution in [0.1, 0.15) is 18.4 Å². The lowest BCUT2D eigenvalue weighted by molar-refractivity contribution is -0.145. The smallest absolute Gasteiger partial charge is 0.306 e. The van der Waals surface area contributed by atoms with Gasteiger partial charge >= 0.3 is 5.97 Å². The lowest BCUT2D eigenvalue weighted by Gasteiger charge is -2.13. The largest absolute Gasteiger partial charge is 0.488 e. The first-order valence-corrected chi connectivity index (χ1v) is 8.91. The molecule has 0 spiro atoms. The molecule has 8 nitrogen and oxygen atoms in total. The Morgan fingerprint density at radius 2 is 1.86 bits per heavy atom. The third-order valence-electron chi connectivity index (χ3n) is 3.99. The van der Waals surface area contributed by atoms with Crippen molar-refractivity contribution in [1.29, 1.82) is 0 Å². The van der Waals surface area contributed by atoms with Crippen LogP contribution in [-0.2, 0) is 14.3 Å². The van der Waals surface area contributed by atoms with E-state index in [4.69, 9.17) is 20.9 Å². The van der Waals surface area contributed by atoms with Crippen LogP contribution < -0.4 is 26.8 Å². The quantitative estimate of drug-likeness (QED) is 0.296. The molecule has 0 fully saturated rings. The van der Waals surface area contributed by atoms with Gasteiger partial charge in [0.05, 0.1) is 23.5 Å². The summed E-state index contributed by atoms with van der Waals surface area (Å²) in [7, 11) is 1.79. The van der Waals surface area contributed by atoms with E-state index in [1.54, 1.807) is 31.3 Å². The maximum Gasteiger partial charge on any atom is 0.306 e. The average Bonchev–Trinajstić information content (AvgIpc) is 2.65. The number of ether oxygens (including phenoxy) is 2. The Morgan fingerprint density at radius 3 is 2.57 bits per heavy atom. The molecule has 8 heteroatoms.